The number of carboxylic acids is 1. The molecule has 1 unspecified atom stereocenters. The monoisotopic (exact) mass is 171 g/mol. The van der Waals surface area contributed by atoms with Crippen LogP contribution >= 0.6 is 0 Å². The first-order valence-corrected chi connectivity index (χ1v) is 4.45. The maximum atomic E-state index is 10.5. The van der Waals surface area contributed by atoms with Crippen LogP contribution in [0, 0.1) is 11.3 Å². The Morgan fingerprint density at radius 1 is 1.67 bits per heavy atom. The molecule has 1 atom stereocenters. The smallest absolute Gasteiger partial charge is 0.303 e. The molecule has 70 valence electrons. The summed E-state index contributed by atoms with van der Waals surface area (Å²) in [6.45, 7) is 6.16. The average Bonchev–Trinajstić information content (AvgIpc) is 1.92. The second-order valence-corrected chi connectivity index (χ2v) is 4.25. The van der Waals surface area contributed by atoms with Crippen LogP contribution in [-0.4, -0.2) is 24.2 Å². The normalized spacial score (nSPS) is 28.3. The Morgan fingerprint density at radius 2 is 2.33 bits per heavy atom. The van der Waals surface area contributed by atoms with Gasteiger partial charge in [-0.15, -0.1) is 0 Å². The van der Waals surface area contributed by atoms with Crippen molar-refractivity contribution in [3.63, 3.8) is 0 Å². The molecule has 0 amide bonds. The zero-order valence-corrected chi connectivity index (χ0v) is 7.76. The number of hydrogen-bond acceptors (Lipinski definition) is 2. The van der Waals surface area contributed by atoms with E-state index in [1.54, 1.807) is 0 Å². The molecular formula is C9H17NO2. The van der Waals surface area contributed by atoms with Crippen LogP contribution in [0.15, 0.2) is 0 Å². The first-order valence-electron chi connectivity index (χ1n) is 4.45. The van der Waals surface area contributed by atoms with Gasteiger partial charge < -0.3 is 10.4 Å². The van der Waals surface area contributed by atoms with Gasteiger partial charge in [0.2, 0.25) is 0 Å². The fourth-order valence-corrected chi connectivity index (χ4v) is 1.81. The molecule has 0 aliphatic carbocycles. The van der Waals surface area contributed by atoms with Gasteiger partial charge in [-0.3, -0.25) is 4.79 Å². The molecule has 1 heterocycles. The Bertz CT molecular complexity index is 177. The quantitative estimate of drug-likeness (QED) is 0.654. The minimum Gasteiger partial charge on any atom is -0.481 e. The lowest BCUT2D eigenvalue weighted by Crippen LogP contribution is -2.43. The third-order valence-corrected chi connectivity index (χ3v) is 2.78. The van der Waals surface area contributed by atoms with E-state index in [1.807, 2.05) is 0 Å². The van der Waals surface area contributed by atoms with Gasteiger partial charge in [0, 0.05) is 13.0 Å². The molecule has 0 aromatic heterocycles. The molecule has 1 rings (SSSR count). The predicted molar refractivity (Wildman–Crippen MR) is 47.0 cm³/mol. The molecule has 0 aromatic rings. The van der Waals surface area contributed by atoms with Crippen LogP contribution in [-0.2, 0) is 4.79 Å². The number of rotatable bonds is 2. The molecule has 1 aliphatic heterocycles. The van der Waals surface area contributed by atoms with Crippen molar-refractivity contribution in [3.05, 3.63) is 0 Å². The number of nitrogens with one attached hydrogen (secondary N) is 1. The Labute approximate surface area is 73.2 Å². The lowest BCUT2D eigenvalue weighted by atomic mass is 9.73. The molecule has 1 aliphatic rings. The molecule has 0 radical (unpaired) electrons. The molecule has 3 heteroatoms. The number of aliphatic carboxylic acids is 1. The van der Waals surface area contributed by atoms with Crippen LogP contribution in [0.1, 0.15) is 26.7 Å². The summed E-state index contributed by atoms with van der Waals surface area (Å²) in [5.41, 5.74) is 0.136. The highest BCUT2D eigenvalue weighted by Crippen LogP contribution is 2.33. The van der Waals surface area contributed by atoms with Crippen molar-refractivity contribution in [1.82, 2.24) is 5.32 Å². The second-order valence-electron chi connectivity index (χ2n) is 4.25. The zero-order valence-electron chi connectivity index (χ0n) is 7.76. The molecule has 12 heavy (non-hydrogen) atoms. The van der Waals surface area contributed by atoms with E-state index in [9.17, 15) is 4.79 Å². The third-order valence-electron chi connectivity index (χ3n) is 2.78. The summed E-state index contributed by atoms with van der Waals surface area (Å²) < 4.78 is 0. The van der Waals surface area contributed by atoms with E-state index in [0.29, 0.717) is 12.3 Å². The SMILES string of the molecule is CC1(C)CNCCC1CC(=O)O. The van der Waals surface area contributed by atoms with Gasteiger partial charge in [-0.05, 0) is 24.3 Å². The maximum Gasteiger partial charge on any atom is 0.303 e. The van der Waals surface area contributed by atoms with Crippen molar-refractivity contribution in [2.24, 2.45) is 11.3 Å². The summed E-state index contributed by atoms with van der Waals surface area (Å²) in [5, 5.41) is 12.0. The van der Waals surface area contributed by atoms with Gasteiger partial charge in [0.15, 0.2) is 0 Å². The van der Waals surface area contributed by atoms with Gasteiger partial charge >= 0.3 is 5.97 Å². The van der Waals surface area contributed by atoms with Gasteiger partial charge in [0.05, 0.1) is 0 Å². The molecule has 1 fully saturated rings. The topological polar surface area (TPSA) is 49.3 Å². The zero-order chi connectivity index (χ0) is 9.19. The molecule has 1 saturated heterocycles. The van der Waals surface area contributed by atoms with Crippen molar-refractivity contribution in [3.8, 4) is 0 Å². The minimum atomic E-state index is -0.671. The fourth-order valence-electron chi connectivity index (χ4n) is 1.81. The summed E-state index contributed by atoms with van der Waals surface area (Å²) in [6.07, 6.45) is 1.30. The lowest BCUT2D eigenvalue weighted by Gasteiger charge is -2.38. The third kappa shape index (κ3) is 2.21. The first-order chi connectivity index (χ1) is 5.52. The maximum absolute atomic E-state index is 10.5. The van der Waals surface area contributed by atoms with Gasteiger partial charge in [-0.1, -0.05) is 13.8 Å². The first kappa shape index (κ1) is 9.52. The van der Waals surface area contributed by atoms with Crippen molar-refractivity contribution in [2.45, 2.75) is 26.7 Å². The highest BCUT2D eigenvalue weighted by atomic mass is 16.4. The fraction of sp³-hybridized carbons (Fsp3) is 0.889. The largest absolute Gasteiger partial charge is 0.481 e. The van der Waals surface area contributed by atoms with Crippen LogP contribution in [0.2, 0.25) is 0 Å². The van der Waals surface area contributed by atoms with E-state index in [0.717, 1.165) is 19.5 Å². The summed E-state index contributed by atoms with van der Waals surface area (Å²) in [5.74, 6) is -0.341. The Morgan fingerprint density at radius 3 is 2.83 bits per heavy atom. The highest BCUT2D eigenvalue weighted by Gasteiger charge is 2.33. The summed E-state index contributed by atoms with van der Waals surface area (Å²) >= 11 is 0. The van der Waals surface area contributed by atoms with Crippen LogP contribution < -0.4 is 5.32 Å². The molecule has 0 saturated carbocycles. The van der Waals surface area contributed by atoms with Crippen molar-refractivity contribution < 1.29 is 9.90 Å². The van der Waals surface area contributed by atoms with E-state index < -0.39 is 5.97 Å². The highest BCUT2D eigenvalue weighted by molar-refractivity contribution is 5.67. The summed E-state index contributed by atoms with van der Waals surface area (Å²) in [7, 11) is 0. The molecule has 0 aromatic carbocycles. The minimum absolute atomic E-state index is 0.136. The summed E-state index contributed by atoms with van der Waals surface area (Å²) in [6, 6.07) is 0. The van der Waals surface area contributed by atoms with Crippen molar-refractivity contribution >= 4 is 5.97 Å². The van der Waals surface area contributed by atoms with Crippen LogP contribution in [0.5, 0.6) is 0 Å². The van der Waals surface area contributed by atoms with E-state index in [1.165, 1.54) is 0 Å². The number of piperidine rings is 1. The van der Waals surface area contributed by atoms with Gasteiger partial charge in [0.25, 0.3) is 0 Å². The van der Waals surface area contributed by atoms with Crippen LogP contribution in [0.25, 0.3) is 0 Å². The standard InChI is InChI=1S/C9H17NO2/c1-9(2)6-10-4-3-7(9)5-8(11)12/h7,10H,3-6H2,1-2H3,(H,11,12). The molecule has 0 bridgehead atoms. The van der Waals surface area contributed by atoms with Gasteiger partial charge in [-0.25, -0.2) is 0 Å². The Balaban J connectivity index is 2.54. The van der Waals surface area contributed by atoms with E-state index in [4.69, 9.17) is 5.11 Å². The predicted octanol–water partition coefficient (Wildman–Crippen LogP) is 1.10. The second kappa shape index (κ2) is 3.44. The van der Waals surface area contributed by atoms with Crippen LogP contribution in [0.3, 0.4) is 0 Å². The number of carboxylic acid groups (broad SMARTS) is 1. The van der Waals surface area contributed by atoms with Gasteiger partial charge in [-0.2, -0.15) is 0 Å². The molecular weight excluding hydrogens is 154 g/mol. The summed E-state index contributed by atoms with van der Waals surface area (Å²) in [4.78, 5) is 10.5. The van der Waals surface area contributed by atoms with Gasteiger partial charge in [0.1, 0.15) is 0 Å². The Hall–Kier alpha value is -0.570. The van der Waals surface area contributed by atoms with Crippen molar-refractivity contribution in [2.75, 3.05) is 13.1 Å². The number of carbonyl (C=O) groups is 1. The lowest BCUT2D eigenvalue weighted by molar-refractivity contribution is -0.139. The van der Waals surface area contributed by atoms with E-state index >= 15 is 0 Å². The molecule has 3 nitrogen and oxygen atoms in total. The molecule has 0 spiro atoms. The Kier molecular flexibility index (Phi) is 2.73. The number of hydrogen-bond donors (Lipinski definition) is 2. The van der Waals surface area contributed by atoms with Crippen molar-refractivity contribution in [1.29, 1.82) is 0 Å². The van der Waals surface area contributed by atoms with Crippen LogP contribution in [0.4, 0.5) is 0 Å². The van der Waals surface area contributed by atoms with E-state index in [-0.39, 0.29) is 5.41 Å². The molecule has 2 N–H and O–H groups in total. The average molecular weight is 171 g/mol. The van der Waals surface area contributed by atoms with E-state index in [2.05, 4.69) is 19.2 Å².